The van der Waals surface area contributed by atoms with Gasteiger partial charge >= 0.3 is 0 Å². The zero-order valence-corrected chi connectivity index (χ0v) is 18.1. The summed E-state index contributed by atoms with van der Waals surface area (Å²) in [6.45, 7) is 15.5. The topological polar surface area (TPSA) is 73.8 Å². The SMILES string of the molecule is CC1OC(C)C2(O1)OC(CCC1OC(C)(C)C3(OC(C)OC3(C)C)O1)OC2C. The van der Waals surface area contributed by atoms with E-state index in [4.69, 9.17) is 37.9 Å². The maximum atomic E-state index is 6.32. The second-order valence-electron chi connectivity index (χ2n) is 9.19. The fraction of sp³-hybridized carbons (Fsp3) is 1.00. The van der Waals surface area contributed by atoms with Crippen molar-refractivity contribution >= 4 is 0 Å². The minimum Gasteiger partial charge on any atom is -0.344 e. The molecule has 0 aromatic rings. The fourth-order valence-electron chi connectivity index (χ4n) is 5.17. The molecule has 4 heterocycles. The summed E-state index contributed by atoms with van der Waals surface area (Å²) < 4.78 is 48.4. The number of ether oxygens (including phenoxy) is 8. The van der Waals surface area contributed by atoms with Gasteiger partial charge in [0.05, 0.1) is 0 Å². The van der Waals surface area contributed by atoms with E-state index in [9.17, 15) is 0 Å². The summed E-state index contributed by atoms with van der Waals surface area (Å²) in [4.78, 5) is 0. The minimum atomic E-state index is -0.970. The van der Waals surface area contributed by atoms with E-state index >= 15 is 0 Å². The van der Waals surface area contributed by atoms with Gasteiger partial charge in [-0.1, -0.05) is 0 Å². The molecule has 162 valence electrons. The van der Waals surface area contributed by atoms with E-state index in [1.165, 1.54) is 0 Å². The highest BCUT2D eigenvalue weighted by Crippen LogP contribution is 2.53. The van der Waals surface area contributed by atoms with Crippen molar-refractivity contribution in [2.75, 3.05) is 0 Å². The first-order valence-electron chi connectivity index (χ1n) is 10.3. The zero-order chi connectivity index (χ0) is 20.5. The number of hydrogen-bond donors (Lipinski definition) is 0. The van der Waals surface area contributed by atoms with Crippen LogP contribution in [-0.2, 0) is 37.9 Å². The van der Waals surface area contributed by atoms with E-state index in [2.05, 4.69) is 0 Å². The third-order valence-electron chi connectivity index (χ3n) is 6.29. The normalized spacial score (nSPS) is 52.3. The van der Waals surface area contributed by atoms with Crippen molar-refractivity contribution in [1.29, 1.82) is 0 Å². The van der Waals surface area contributed by atoms with Crippen LogP contribution in [0.2, 0.25) is 0 Å². The van der Waals surface area contributed by atoms with Gasteiger partial charge in [-0.25, -0.2) is 0 Å². The second-order valence-corrected chi connectivity index (χ2v) is 9.19. The number of hydrogen-bond acceptors (Lipinski definition) is 8. The van der Waals surface area contributed by atoms with Gasteiger partial charge in [0.2, 0.25) is 11.6 Å². The molecule has 0 N–H and O–H groups in total. The first-order valence-corrected chi connectivity index (χ1v) is 10.3. The van der Waals surface area contributed by atoms with Crippen LogP contribution in [0.4, 0.5) is 0 Å². The molecule has 4 aliphatic heterocycles. The van der Waals surface area contributed by atoms with E-state index in [-0.39, 0.29) is 24.8 Å². The molecule has 0 aromatic heterocycles. The average Bonchev–Trinajstić information content (AvgIpc) is 3.17. The Morgan fingerprint density at radius 1 is 0.571 bits per heavy atom. The second kappa shape index (κ2) is 6.59. The van der Waals surface area contributed by atoms with Crippen LogP contribution in [0.5, 0.6) is 0 Å². The lowest BCUT2D eigenvalue weighted by molar-refractivity contribution is -0.257. The molecule has 8 nitrogen and oxygen atoms in total. The van der Waals surface area contributed by atoms with Gasteiger partial charge < -0.3 is 37.9 Å². The highest BCUT2D eigenvalue weighted by molar-refractivity contribution is 5.07. The Bertz CT molecular complexity index is 609. The lowest BCUT2D eigenvalue weighted by atomic mass is 9.84. The third-order valence-corrected chi connectivity index (χ3v) is 6.29. The molecule has 2 spiro atoms. The third kappa shape index (κ3) is 2.96. The average molecular weight is 402 g/mol. The fourth-order valence-corrected chi connectivity index (χ4v) is 5.17. The molecular formula is C20H34O8. The Balaban J connectivity index is 1.39. The van der Waals surface area contributed by atoms with Crippen LogP contribution >= 0.6 is 0 Å². The van der Waals surface area contributed by atoms with Crippen LogP contribution in [0.3, 0.4) is 0 Å². The lowest BCUT2D eigenvalue weighted by Crippen LogP contribution is -2.59. The van der Waals surface area contributed by atoms with Gasteiger partial charge in [-0.05, 0) is 55.4 Å². The summed E-state index contributed by atoms with van der Waals surface area (Å²) >= 11 is 0. The van der Waals surface area contributed by atoms with Gasteiger partial charge in [0.15, 0.2) is 25.2 Å². The molecule has 0 aliphatic carbocycles. The summed E-state index contributed by atoms with van der Waals surface area (Å²) in [7, 11) is 0. The van der Waals surface area contributed by atoms with Crippen molar-refractivity contribution in [3.63, 3.8) is 0 Å². The molecule has 8 atom stereocenters. The van der Waals surface area contributed by atoms with Crippen molar-refractivity contribution < 1.29 is 37.9 Å². The minimum absolute atomic E-state index is 0.199. The van der Waals surface area contributed by atoms with Crippen LogP contribution in [0.1, 0.15) is 68.2 Å². The summed E-state index contributed by atoms with van der Waals surface area (Å²) in [6.07, 6.45) is -0.758. The van der Waals surface area contributed by atoms with E-state index in [1.807, 2.05) is 55.4 Å². The summed E-state index contributed by atoms with van der Waals surface area (Å²) in [5, 5.41) is 0. The Hall–Kier alpha value is -0.320. The molecule has 0 bridgehead atoms. The van der Waals surface area contributed by atoms with E-state index in [0.29, 0.717) is 12.8 Å². The Labute approximate surface area is 167 Å². The van der Waals surface area contributed by atoms with E-state index in [1.54, 1.807) is 0 Å². The molecule has 4 aliphatic rings. The molecule has 0 amide bonds. The summed E-state index contributed by atoms with van der Waals surface area (Å²) in [6, 6.07) is 0. The molecule has 0 radical (unpaired) electrons. The number of rotatable bonds is 3. The molecular weight excluding hydrogens is 368 g/mol. The molecule has 8 heteroatoms. The van der Waals surface area contributed by atoms with Crippen molar-refractivity contribution in [1.82, 2.24) is 0 Å². The molecule has 0 aromatic carbocycles. The van der Waals surface area contributed by atoms with Crippen LogP contribution in [0.15, 0.2) is 0 Å². The molecule has 28 heavy (non-hydrogen) atoms. The lowest BCUT2D eigenvalue weighted by Gasteiger charge is -2.40. The Morgan fingerprint density at radius 3 is 1.75 bits per heavy atom. The Morgan fingerprint density at radius 2 is 1.18 bits per heavy atom. The van der Waals surface area contributed by atoms with Crippen molar-refractivity contribution in [2.24, 2.45) is 0 Å². The van der Waals surface area contributed by atoms with Gasteiger partial charge in [0, 0.05) is 12.8 Å². The van der Waals surface area contributed by atoms with Crippen LogP contribution in [-0.4, -0.2) is 60.1 Å². The van der Waals surface area contributed by atoms with Gasteiger partial charge in [-0.3, -0.25) is 0 Å². The molecule has 0 saturated carbocycles. The predicted octanol–water partition coefficient (Wildman–Crippen LogP) is 3.02. The monoisotopic (exact) mass is 402 g/mol. The molecule has 4 fully saturated rings. The smallest absolute Gasteiger partial charge is 0.231 e. The van der Waals surface area contributed by atoms with Crippen LogP contribution < -0.4 is 0 Å². The maximum absolute atomic E-state index is 6.32. The quantitative estimate of drug-likeness (QED) is 0.713. The van der Waals surface area contributed by atoms with E-state index in [0.717, 1.165) is 0 Å². The standard InChI is InChI=1S/C20H34O8/c1-11-19(24-13(3)21-11)12(2)22-15(27-19)9-10-16-26-18(7,8)20(28-16)17(5,6)23-14(4)25-20/h11-16H,9-10H2,1-8H3. The molecule has 8 unspecified atom stereocenters. The maximum Gasteiger partial charge on any atom is 0.231 e. The van der Waals surface area contributed by atoms with E-state index < -0.39 is 35.4 Å². The first-order chi connectivity index (χ1) is 12.9. The van der Waals surface area contributed by atoms with Crippen LogP contribution in [0.25, 0.3) is 0 Å². The first kappa shape index (κ1) is 20.9. The summed E-state index contributed by atoms with van der Waals surface area (Å²) in [5.41, 5.74) is -1.30. The van der Waals surface area contributed by atoms with Gasteiger partial charge in [-0.2, -0.15) is 0 Å². The van der Waals surface area contributed by atoms with Crippen LogP contribution in [0, 0.1) is 0 Å². The highest BCUT2D eigenvalue weighted by atomic mass is 16.9. The summed E-state index contributed by atoms with van der Waals surface area (Å²) in [5.74, 6) is -1.83. The largest absolute Gasteiger partial charge is 0.344 e. The van der Waals surface area contributed by atoms with Gasteiger partial charge in [-0.15, -0.1) is 0 Å². The molecule has 4 rings (SSSR count). The van der Waals surface area contributed by atoms with Crippen molar-refractivity contribution in [3.8, 4) is 0 Å². The van der Waals surface area contributed by atoms with Crippen molar-refractivity contribution in [2.45, 2.75) is 128 Å². The molecule has 4 saturated heterocycles. The zero-order valence-electron chi connectivity index (χ0n) is 18.1. The van der Waals surface area contributed by atoms with Gasteiger partial charge in [0.25, 0.3) is 0 Å². The van der Waals surface area contributed by atoms with Crippen molar-refractivity contribution in [3.05, 3.63) is 0 Å². The Kier molecular flexibility index (Phi) is 4.92. The van der Waals surface area contributed by atoms with Gasteiger partial charge in [0.1, 0.15) is 23.4 Å². The predicted molar refractivity (Wildman–Crippen MR) is 97.0 cm³/mol. The highest BCUT2D eigenvalue weighted by Gasteiger charge is 2.70.